The monoisotopic (exact) mass is 473 g/mol. The molecule has 180 valence electrons. The van der Waals surface area contributed by atoms with Gasteiger partial charge in [-0.25, -0.2) is 13.2 Å². The molecule has 1 amide bonds. The summed E-state index contributed by atoms with van der Waals surface area (Å²) in [5, 5.41) is 9.15. The summed E-state index contributed by atoms with van der Waals surface area (Å²) < 4.78 is 50.6. The van der Waals surface area contributed by atoms with Crippen molar-refractivity contribution in [2.45, 2.75) is 58.9 Å². The number of hydrogen-bond acceptors (Lipinski definition) is 4. The van der Waals surface area contributed by atoms with Crippen LogP contribution in [0.3, 0.4) is 0 Å². The van der Waals surface area contributed by atoms with Crippen molar-refractivity contribution in [3.63, 3.8) is 0 Å². The number of halogens is 3. The van der Waals surface area contributed by atoms with Crippen molar-refractivity contribution in [3.8, 4) is 11.3 Å². The van der Waals surface area contributed by atoms with Crippen LogP contribution < -0.4 is 0 Å². The summed E-state index contributed by atoms with van der Waals surface area (Å²) in [5.41, 5.74) is 3.77. The Balaban J connectivity index is 1.50. The number of nitrogens with zero attached hydrogens (tertiary/aromatic N) is 5. The van der Waals surface area contributed by atoms with E-state index < -0.39 is 17.5 Å². The number of fused-ring (bicyclic) bond motifs is 2. The summed E-state index contributed by atoms with van der Waals surface area (Å²) in [4.78, 5) is 15.4. The van der Waals surface area contributed by atoms with Crippen LogP contribution in [0.2, 0.25) is 0 Å². The average Bonchev–Trinajstić information content (AvgIpc) is 3.26. The second-order valence-electron chi connectivity index (χ2n) is 9.63. The molecule has 0 saturated heterocycles. The quantitative estimate of drug-likeness (QED) is 0.527. The fourth-order valence-electron chi connectivity index (χ4n) is 5.07. The minimum Gasteiger partial charge on any atom is -0.367 e. The summed E-state index contributed by atoms with van der Waals surface area (Å²) in [6, 6.07) is 1.58. The lowest BCUT2D eigenvalue weighted by molar-refractivity contribution is -0.0664. The SMILES string of the molecule is Cc1nn2c(c1C(=O)N1CCc3c(nn(C)c3-c3cc(F)c(F)c(F)c3)[C@@H]1C)COC(C)(C)C2. The third kappa shape index (κ3) is 3.43. The van der Waals surface area contributed by atoms with E-state index in [0.29, 0.717) is 48.8 Å². The Labute approximate surface area is 195 Å². The molecule has 2 aromatic heterocycles. The van der Waals surface area contributed by atoms with Crippen LogP contribution in [0, 0.1) is 24.4 Å². The molecule has 2 aliphatic heterocycles. The fraction of sp³-hybridized carbons (Fsp3) is 0.458. The van der Waals surface area contributed by atoms with Crippen molar-refractivity contribution in [2.24, 2.45) is 7.05 Å². The minimum atomic E-state index is -1.50. The van der Waals surface area contributed by atoms with E-state index in [2.05, 4.69) is 10.2 Å². The van der Waals surface area contributed by atoms with E-state index in [4.69, 9.17) is 4.74 Å². The number of amides is 1. The van der Waals surface area contributed by atoms with Crippen LogP contribution in [0.25, 0.3) is 11.3 Å². The molecule has 1 aromatic carbocycles. The molecule has 3 aromatic rings. The zero-order valence-corrected chi connectivity index (χ0v) is 19.7. The van der Waals surface area contributed by atoms with Crippen LogP contribution >= 0.6 is 0 Å². The second-order valence-corrected chi connectivity index (χ2v) is 9.63. The molecule has 0 fully saturated rings. The summed E-state index contributed by atoms with van der Waals surface area (Å²) in [6.45, 7) is 8.93. The number of ether oxygens (including phenoxy) is 1. The molecule has 4 heterocycles. The summed E-state index contributed by atoms with van der Waals surface area (Å²) in [7, 11) is 1.67. The molecule has 34 heavy (non-hydrogen) atoms. The van der Waals surface area contributed by atoms with Gasteiger partial charge in [0.25, 0.3) is 5.91 Å². The first kappa shape index (κ1) is 22.6. The zero-order valence-electron chi connectivity index (χ0n) is 19.7. The van der Waals surface area contributed by atoms with Gasteiger partial charge >= 0.3 is 0 Å². The maximum absolute atomic E-state index is 13.9. The molecule has 0 bridgehead atoms. The van der Waals surface area contributed by atoms with Gasteiger partial charge in [-0.1, -0.05) is 0 Å². The normalized spacial score (nSPS) is 19.2. The Hall–Kier alpha value is -3.14. The standard InChI is InChI=1S/C24H26F3N5O2/c1-12-19(18-10-34-24(3,4)11-32(18)28-12)23(33)31-7-6-15-21(13(31)2)29-30(5)22(15)14-8-16(25)20(27)17(26)9-14/h8-9,13H,6-7,10-11H2,1-5H3/t13-/m0/s1. The number of aryl methyl sites for hydroxylation is 2. The minimum absolute atomic E-state index is 0.147. The predicted molar refractivity (Wildman–Crippen MR) is 118 cm³/mol. The molecule has 0 unspecified atom stereocenters. The van der Waals surface area contributed by atoms with Gasteiger partial charge in [0.2, 0.25) is 0 Å². The highest BCUT2D eigenvalue weighted by Crippen LogP contribution is 2.37. The molecule has 0 aliphatic carbocycles. The Morgan fingerprint density at radius 2 is 1.85 bits per heavy atom. The number of aromatic nitrogens is 4. The maximum atomic E-state index is 13.9. The smallest absolute Gasteiger partial charge is 0.258 e. The van der Waals surface area contributed by atoms with Crippen LogP contribution in [-0.2, 0) is 31.4 Å². The zero-order chi connectivity index (χ0) is 24.5. The molecule has 1 atom stereocenters. The number of hydrogen-bond donors (Lipinski definition) is 0. The highest BCUT2D eigenvalue weighted by Gasteiger charge is 2.38. The predicted octanol–water partition coefficient (Wildman–Crippen LogP) is 4.08. The second kappa shape index (κ2) is 7.69. The van der Waals surface area contributed by atoms with E-state index in [0.717, 1.165) is 23.4 Å². The van der Waals surface area contributed by atoms with Crippen LogP contribution in [0.4, 0.5) is 13.2 Å². The first-order valence-electron chi connectivity index (χ1n) is 11.2. The third-order valence-electron chi connectivity index (χ3n) is 6.74. The van der Waals surface area contributed by atoms with E-state index in [1.165, 1.54) is 4.68 Å². The number of rotatable bonds is 2. The van der Waals surface area contributed by atoms with Crippen molar-refractivity contribution in [1.29, 1.82) is 0 Å². The molecular formula is C24H26F3N5O2. The van der Waals surface area contributed by atoms with Crippen LogP contribution in [0.15, 0.2) is 12.1 Å². The van der Waals surface area contributed by atoms with Gasteiger partial charge in [-0.3, -0.25) is 14.2 Å². The number of benzene rings is 1. The number of carbonyl (C=O) groups is 1. The Morgan fingerprint density at radius 1 is 1.18 bits per heavy atom. The van der Waals surface area contributed by atoms with Crippen molar-refractivity contribution < 1.29 is 22.7 Å². The van der Waals surface area contributed by atoms with E-state index in [1.54, 1.807) is 11.9 Å². The molecule has 10 heteroatoms. The van der Waals surface area contributed by atoms with Gasteiger partial charge in [0.1, 0.15) is 0 Å². The maximum Gasteiger partial charge on any atom is 0.258 e. The van der Waals surface area contributed by atoms with Gasteiger partial charge in [0.05, 0.1) is 53.1 Å². The fourth-order valence-corrected chi connectivity index (χ4v) is 5.07. The van der Waals surface area contributed by atoms with Crippen LogP contribution in [0.1, 0.15) is 59.8 Å². The van der Waals surface area contributed by atoms with Crippen LogP contribution in [-0.4, -0.2) is 42.5 Å². The summed E-state index contributed by atoms with van der Waals surface area (Å²) >= 11 is 0. The topological polar surface area (TPSA) is 65.2 Å². The van der Waals surface area contributed by atoms with E-state index >= 15 is 0 Å². The van der Waals surface area contributed by atoms with Crippen molar-refractivity contribution in [1.82, 2.24) is 24.5 Å². The Bertz CT molecular complexity index is 1300. The van der Waals surface area contributed by atoms with Gasteiger partial charge < -0.3 is 9.64 Å². The molecule has 0 saturated carbocycles. The molecule has 5 rings (SSSR count). The molecule has 0 spiro atoms. The Kier molecular flexibility index (Phi) is 5.12. The molecule has 0 radical (unpaired) electrons. The van der Waals surface area contributed by atoms with Gasteiger partial charge in [0, 0.05) is 24.7 Å². The lowest BCUT2D eigenvalue weighted by Gasteiger charge is -2.34. The molecule has 7 nitrogen and oxygen atoms in total. The van der Waals surface area contributed by atoms with E-state index in [1.807, 2.05) is 32.4 Å². The van der Waals surface area contributed by atoms with Gasteiger partial charge in [-0.15, -0.1) is 0 Å². The molecular weight excluding hydrogens is 447 g/mol. The molecule has 2 aliphatic rings. The van der Waals surface area contributed by atoms with Crippen molar-refractivity contribution >= 4 is 5.91 Å². The van der Waals surface area contributed by atoms with Crippen molar-refractivity contribution in [3.05, 3.63) is 57.8 Å². The van der Waals surface area contributed by atoms with Crippen LogP contribution in [0.5, 0.6) is 0 Å². The highest BCUT2D eigenvalue weighted by molar-refractivity contribution is 5.97. The first-order chi connectivity index (χ1) is 16.0. The average molecular weight is 473 g/mol. The third-order valence-corrected chi connectivity index (χ3v) is 6.74. The van der Waals surface area contributed by atoms with E-state index in [-0.39, 0.29) is 23.1 Å². The number of carbonyl (C=O) groups excluding carboxylic acids is 1. The lowest BCUT2D eigenvalue weighted by Crippen LogP contribution is -2.40. The first-order valence-corrected chi connectivity index (χ1v) is 11.2. The van der Waals surface area contributed by atoms with Crippen molar-refractivity contribution in [2.75, 3.05) is 6.54 Å². The summed E-state index contributed by atoms with van der Waals surface area (Å²) in [6.07, 6.45) is 0.446. The lowest BCUT2D eigenvalue weighted by atomic mass is 9.94. The summed E-state index contributed by atoms with van der Waals surface area (Å²) in [5.74, 6) is -4.15. The highest BCUT2D eigenvalue weighted by atomic mass is 19.2. The van der Waals surface area contributed by atoms with Gasteiger partial charge in [-0.05, 0) is 46.2 Å². The van der Waals surface area contributed by atoms with E-state index in [9.17, 15) is 18.0 Å². The largest absolute Gasteiger partial charge is 0.367 e. The Morgan fingerprint density at radius 3 is 2.53 bits per heavy atom. The van der Waals surface area contributed by atoms with Gasteiger partial charge in [0.15, 0.2) is 17.5 Å². The molecule has 0 N–H and O–H groups in total. The van der Waals surface area contributed by atoms with Gasteiger partial charge in [-0.2, -0.15) is 10.2 Å².